The number of benzene rings is 1. The van der Waals surface area contributed by atoms with Crippen molar-refractivity contribution in [2.45, 2.75) is 34.5 Å². The second-order valence-corrected chi connectivity index (χ2v) is 8.41. The van der Waals surface area contributed by atoms with Gasteiger partial charge in [0.1, 0.15) is 5.51 Å². The highest BCUT2D eigenvalue weighted by Crippen LogP contribution is 2.47. The van der Waals surface area contributed by atoms with Crippen molar-refractivity contribution in [3.8, 4) is 0 Å². The first-order valence-electron chi connectivity index (χ1n) is 7.81. The van der Waals surface area contributed by atoms with Gasteiger partial charge in [-0.25, -0.2) is 0 Å². The highest BCUT2D eigenvalue weighted by Gasteiger charge is 2.49. The van der Waals surface area contributed by atoms with Gasteiger partial charge in [-0.05, 0) is 55.4 Å². The smallest absolute Gasteiger partial charge is 0.229 e. The summed E-state index contributed by atoms with van der Waals surface area (Å²) in [7, 11) is 0. The largest absolute Gasteiger partial charge is 0.327 e. The van der Waals surface area contributed by atoms with Crippen LogP contribution in [0.2, 0.25) is 0 Å². The van der Waals surface area contributed by atoms with Gasteiger partial charge in [0.05, 0.1) is 5.92 Å². The Morgan fingerprint density at radius 1 is 1.26 bits per heavy atom. The average molecular weight is 346 g/mol. The number of amides is 1. The summed E-state index contributed by atoms with van der Waals surface area (Å²) < 4.78 is 0.912. The summed E-state index contributed by atoms with van der Waals surface area (Å²) in [5.41, 5.74) is 8.79. The van der Waals surface area contributed by atoms with Crippen molar-refractivity contribution in [2.75, 3.05) is 5.32 Å². The third-order valence-corrected chi connectivity index (χ3v) is 6.74. The maximum atomic E-state index is 12.5. The summed E-state index contributed by atoms with van der Waals surface area (Å²) in [4.78, 5) is 13.6. The molecule has 23 heavy (non-hydrogen) atoms. The molecule has 7 heteroatoms. The Morgan fingerprint density at radius 3 is 2.70 bits per heavy atom. The molecule has 2 bridgehead atoms. The van der Waals surface area contributed by atoms with E-state index in [1.54, 1.807) is 17.3 Å². The second kappa shape index (κ2) is 6.22. The van der Waals surface area contributed by atoms with Crippen LogP contribution in [0.15, 0.2) is 39.0 Å². The van der Waals surface area contributed by atoms with E-state index < -0.39 is 0 Å². The Bertz CT molecular complexity index is 687. The van der Waals surface area contributed by atoms with E-state index in [0.717, 1.165) is 27.8 Å². The fourth-order valence-electron chi connectivity index (χ4n) is 3.86. The summed E-state index contributed by atoms with van der Waals surface area (Å²) in [5.74, 6) is 1.07. The van der Waals surface area contributed by atoms with Gasteiger partial charge >= 0.3 is 0 Å². The summed E-state index contributed by atoms with van der Waals surface area (Å²) >= 11 is 3.08. The van der Waals surface area contributed by atoms with E-state index in [4.69, 9.17) is 5.73 Å². The minimum absolute atomic E-state index is 0.0239. The van der Waals surface area contributed by atoms with Gasteiger partial charge in [0.25, 0.3) is 0 Å². The number of carbonyl (C=O) groups is 1. The first-order valence-corrected chi connectivity index (χ1v) is 9.51. The maximum absolute atomic E-state index is 12.5. The number of hydrogen-bond acceptors (Lipinski definition) is 6. The third kappa shape index (κ3) is 3.00. The number of aromatic nitrogens is 2. The summed E-state index contributed by atoms with van der Waals surface area (Å²) in [6.07, 6.45) is 3.46. The molecule has 2 aromatic rings. The van der Waals surface area contributed by atoms with E-state index in [0.29, 0.717) is 11.8 Å². The number of hydrogen-bond donors (Lipinski definition) is 2. The molecule has 0 spiro atoms. The van der Waals surface area contributed by atoms with Crippen LogP contribution in [-0.4, -0.2) is 22.1 Å². The lowest BCUT2D eigenvalue weighted by Crippen LogP contribution is -2.42. The third-order valence-electron chi connectivity index (χ3n) is 4.95. The summed E-state index contributed by atoms with van der Waals surface area (Å²) in [6, 6.07) is 7.87. The number of anilines is 1. The van der Waals surface area contributed by atoms with Crippen molar-refractivity contribution >= 4 is 34.7 Å². The molecule has 4 unspecified atom stereocenters. The molecule has 2 aliphatic carbocycles. The van der Waals surface area contributed by atoms with E-state index >= 15 is 0 Å². The Balaban J connectivity index is 1.40. The summed E-state index contributed by atoms with van der Waals surface area (Å²) in [6.45, 7) is 0. The monoisotopic (exact) mass is 346 g/mol. The van der Waals surface area contributed by atoms with Crippen LogP contribution in [-0.2, 0) is 4.79 Å². The van der Waals surface area contributed by atoms with E-state index in [2.05, 4.69) is 15.5 Å². The van der Waals surface area contributed by atoms with Gasteiger partial charge in [-0.2, -0.15) is 0 Å². The predicted octanol–water partition coefficient (Wildman–Crippen LogP) is 3.00. The molecule has 2 fully saturated rings. The molecule has 3 N–H and O–H groups in total. The first kappa shape index (κ1) is 15.1. The van der Waals surface area contributed by atoms with Gasteiger partial charge < -0.3 is 11.1 Å². The van der Waals surface area contributed by atoms with Crippen LogP contribution < -0.4 is 11.1 Å². The van der Waals surface area contributed by atoms with Gasteiger partial charge in [-0.1, -0.05) is 23.1 Å². The number of nitrogens with two attached hydrogens (primary N) is 1. The lowest BCUT2D eigenvalue weighted by atomic mass is 9.84. The summed E-state index contributed by atoms with van der Waals surface area (Å²) in [5, 5.41) is 10.9. The topological polar surface area (TPSA) is 80.9 Å². The van der Waals surface area contributed by atoms with Gasteiger partial charge in [-0.15, -0.1) is 10.2 Å². The van der Waals surface area contributed by atoms with Gasteiger partial charge in [0, 0.05) is 16.6 Å². The Kier molecular flexibility index (Phi) is 4.09. The quantitative estimate of drug-likeness (QED) is 0.889. The molecule has 1 aromatic heterocycles. The molecule has 0 saturated heterocycles. The van der Waals surface area contributed by atoms with Gasteiger partial charge in [-0.3, -0.25) is 4.79 Å². The Labute approximate surface area is 143 Å². The van der Waals surface area contributed by atoms with E-state index in [1.165, 1.54) is 17.8 Å². The number of carbonyl (C=O) groups excluding carboxylic acids is 1. The average Bonchev–Trinajstić information content (AvgIpc) is 3.26. The van der Waals surface area contributed by atoms with E-state index in [-0.39, 0.29) is 17.9 Å². The fourth-order valence-corrected chi connectivity index (χ4v) is 5.32. The van der Waals surface area contributed by atoms with Crippen LogP contribution in [0, 0.1) is 17.8 Å². The van der Waals surface area contributed by atoms with Gasteiger partial charge in [0.2, 0.25) is 5.91 Å². The van der Waals surface area contributed by atoms with Gasteiger partial charge in [0.15, 0.2) is 4.34 Å². The van der Waals surface area contributed by atoms with Crippen molar-refractivity contribution in [3.05, 3.63) is 29.8 Å². The zero-order chi connectivity index (χ0) is 15.8. The van der Waals surface area contributed by atoms with Crippen LogP contribution in [0.4, 0.5) is 5.69 Å². The molecule has 5 nitrogen and oxygen atoms in total. The zero-order valence-electron chi connectivity index (χ0n) is 12.5. The molecule has 1 heterocycles. The van der Waals surface area contributed by atoms with Crippen molar-refractivity contribution in [2.24, 2.45) is 23.5 Å². The standard InChI is InChI=1S/C16H18N4OS2/c17-14-10-2-1-9(7-10)13(14)15(21)19-11-3-5-12(6-4-11)23-16-20-18-8-22-16/h3-6,8-10,13-14H,1-2,7,17H2,(H,19,21). The van der Waals surface area contributed by atoms with Crippen molar-refractivity contribution in [1.29, 1.82) is 0 Å². The highest BCUT2D eigenvalue weighted by atomic mass is 32.2. The minimum atomic E-state index is -0.0239. The van der Waals surface area contributed by atoms with Crippen LogP contribution in [0.25, 0.3) is 0 Å². The maximum Gasteiger partial charge on any atom is 0.229 e. The molecule has 0 radical (unpaired) electrons. The number of rotatable bonds is 4. The molecule has 2 aliphatic rings. The van der Waals surface area contributed by atoms with Crippen LogP contribution in [0.5, 0.6) is 0 Å². The van der Waals surface area contributed by atoms with E-state index in [9.17, 15) is 4.79 Å². The molecule has 0 aliphatic heterocycles. The van der Waals surface area contributed by atoms with Crippen LogP contribution in [0.1, 0.15) is 19.3 Å². The van der Waals surface area contributed by atoms with Crippen LogP contribution in [0.3, 0.4) is 0 Å². The van der Waals surface area contributed by atoms with Crippen molar-refractivity contribution < 1.29 is 4.79 Å². The SMILES string of the molecule is NC1C2CCC(C2)C1C(=O)Nc1ccc(Sc2nncs2)cc1. The normalized spacial score (nSPS) is 28.9. The molecule has 1 amide bonds. The van der Waals surface area contributed by atoms with E-state index in [1.807, 2.05) is 24.3 Å². The molecule has 1 aromatic carbocycles. The Hall–Kier alpha value is -1.44. The number of nitrogens with zero attached hydrogens (tertiary/aromatic N) is 2. The number of fused-ring (bicyclic) bond motifs is 2. The minimum Gasteiger partial charge on any atom is -0.327 e. The lowest BCUT2D eigenvalue weighted by molar-refractivity contribution is -0.121. The Morgan fingerprint density at radius 2 is 2.04 bits per heavy atom. The highest BCUT2D eigenvalue weighted by molar-refractivity contribution is 8.01. The fraction of sp³-hybridized carbons (Fsp3) is 0.438. The van der Waals surface area contributed by atoms with Crippen LogP contribution >= 0.6 is 23.1 Å². The predicted molar refractivity (Wildman–Crippen MR) is 91.4 cm³/mol. The zero-order valence-corrected chi connectivity index (χ0v) is 14.1. The second-order valence-electron chi connectivity index (χ2n) is 6.26. The molecule has 120 valence electrons. The van der Waals surface area contributed by atoms with Crippen molar-refractivity contribution in [1.82, 2.24) is 10.2 Å². The molecule has 4 atom stereocenters. The molecular formula is C16H18N4OS2. The lowest BCUT2D eigenvalue weighted by Gasteiger charge is -2.27. The molecule has 4 rings (SSSR count). The first-order chi connectivity index (χ1) is 11.2. The molecule has 2 saturated carbocycles. The number of nitrogens with one attached hydrogen (secondary N) is 1. The molecular weight excluding hydrogens is 328 g/mol. The van der Waals surface area contributed by atoms with Crippen molar-refractivity contribution in [3.63, 3.8) is 0 Å².